The van der Waals surface area contributed by atoms with Gasteiger partial charge in [-0.25, -0.2) is 9.18 Å². The molecule has 1 aromatic rings. The van der Waals surface area contributed by atoms with Gasteiger partial charge in [-0.2, -0.15) is 0 Å². The molecule has 5 saturated heterocycles. The first-order valence-electron chi connectivity index (χ1n) is 16.4. The number of nitrogens with one attached hydrogen (secondary N) is 1. The fourth-order valence-corrected chi connectivity index (χ4v) is 8.23. The second-order valence-electron chi connectivity index (χ2n) is 14.2. The minimum Gasteiger partial charge on any atom is -0.447 e. The monoisotopic (exact) mass is 597 g/mol. The summed E-state index contributed by atoms with van der Waals surface area (Å²) in [5.41, 5.74) is 0.412. The van der Waals surface area contributed by atoms with Crippen molar-refractivity contribution in [2.75, 3.05) is 59.0 Å². The number of ether oxygens (including phenoxy) is 1. The predicted molar refractivity (Wildman–Crippen MR) is 161 cm³/mol. The van der Waals surface area contributed by atoms with E-state index in [-0.39, 0.29) is 40.7 Å². The molecule has 43 heavy (non-hydrogen) atoms. The minimum absolute atomic E-state index is 0.0589. The van der Waals surface area contributed by atoms with Crippen LogP contribution in [0.5, 0.6) is 0 Å². The van der Waals surface area contributed by atoms with E-state index in [4.69, 9.17) is 4.74 Å². The Labute approximate surface area is 255 Å². The van der Waals surface area contributed by atoms with Crippen molar-refractivity contribution in [1.29, 1.82) is 0 Å². The predicted octanol–water partition coefficient (Wildman–Crippen LogP) is 3.27. The molecular formula is C33H48FN5O4. The van der Waals surface area contributed by atoms with E-state index in [1.54, 1.807) is 12.1 Å². The summed E-state index contributed by atoms with van der Waals surface area (Å²) in [6.45, 7) is 10.8. The zero-order valence-corrected chi connectivity index (χ0v) is 25.9. The van der Waals surface area contributed by atoms with Crippen molar-refractivity contribution >= 4 is 17.9 Å². The van der Waals surface area contributed by atoms with E-state index in [9.17, 15) is 18.8 Å². The third kappa shape index (κ3) is 6.41. The second kappa shape index (κ2) is 12.3. The Kier molecular flexibility index (Phi) is 8.70. The van der Waals surface area contributed by atoms with Crippen LogP contribution in [0.2, 0.25) is 0 Å². The first-order valence-corrected chi connectivity index (χ1v) is 16.4. The summed E-state index contributed by atoms with van der Waals surface area (Å²) in [4.78, 5) is 48.9. The number of hydrogen-bond donors (Lipinski definition) is 1. The number of likely N-dealkylation sites (tertiary alicyclic amines) is 1. The third-order valence-corrected chi connectivity index (χ3v) is 11.1. The molecule has 236 valence electrons. The van der Waals surface area contributed by atoms with Crippen molar-refractivity contribution in [3.05, 3.63) is 35.6 Å². The third-order valence-electron chi connectivity index (χ3n) is 11.1. The first kappa shape index (κ1) is 30.3. The number of carbonyl (C=O) groups is 3. The highest BCUT2D eigenvalue weighted by atomic mass is 19.1. The lowest BCUT2D eigenvalue weighted by atomic mass is 9.63. The number of cyclic esters (lactones) is 1. The topological polar surface area (TPSA) is 85.4 Å². The zero-order chi connectivity index (χ0) is 30.2. The van der Waals surface area contributed by atoms with E-state index in [0.717, 1.165) is 57.4 Å². The van der Waals surface area contributed by atoms with Crippen molar-refractivity contribution in [3.63, 3.8) is 0 Å². The molecule has 2 atom stereocenters. The van der Waals surface area contributed by atoms with Crippen molar-refractivity contribution in [2.24, 2.45) is 11.3 Å². The molecule has 1 aromatic carbocycles. The number of nitrogens with zero attached hydrogens (tertiary/aromatic N) is 4. The van der Waals surface area contributed by atoms with E-state index in [0.29, 0.717) is 45.1 Å². The van der Waals surface area contributed by atoms with Crippen molar-refractivity contribution in [1.82, 2.24) is 24.9 Å². The molecule has 6 fully saturated rings. The molecule has 6 aliphatic rings. The highest BCUT2D eigenvalue weighted by Crippen LogP contribution is 2.48. The molecule has 0 aromatic heterocycles. The molecule has 2 bridgehead atoms. The Morgan fingerprint density at radius 1 is 1.00 bits per heavy atom. The number of fused-ring (bicyclic) bond motifs is 3. The second-order valence-corrected chi connectivity index (χ2v) is 14.2. The Balaban J connectivity index is 1.18. The van der Waals surface area contributed by atoms with E-state index in [2.05, 4.69) is 29.0 Å². The summed E-state index contributed by atoms with van der Waals surface area (Å²) in [7, 11) is 0. The van der Waals surface area contributed by atoms with Crippen LogP contribution in [0.4, 0.5) is 9.18 Å². The molecule has 9 nitrogen and oxygen atoms in total. The van der Waals surface area contributed by atoms with E-state index in [1.165, 1.54) is 31.4 Å². The molecule has 1 saturated carbocycles. The van der Waals surface area contributed by atoms with E-state index < -0.39 is 6.04 Å². The average molecular weight is 598 g/mol. The Hall–Kier alpha value is -2.72. The number of piperidine rings is 1. The molecule has 5 aliphatic heterocycles. The molecular weight excluding hydrogens is 549 g/mol. The van der Waals surface area contributed by atoms with Crippen LogP contribution in [-0.2, 0) is 20.7 Å². The fraction of sp³-hybridized carbons (Fsp3) is 0.727. The Morgan fingerprint density at radius 2 is 1.67 bits per heavy atom. The van der Waals surface area contributed by atoms with E-state index >= 15 is 0 Å². The highest BCUT2D eigenvalue weighted by molar-refractivity contribution is 5.90. The maximum Gasteiger partial charge on any atom is 0.410 e. The Bertz CT molecular complexity index is 1170. The largest absolute Gasteiger partial charge is 0.447 e. The van der Waals surface area contributed by atoms with Crippen molar-refractivity contribution in [2.45, 2.75) is 82.8 Å². The Morgan fingerprint density at radius 3 is 2.26 bits per heavy atom. The quantitative estimate of drug-likeness (QED) is 0.495. The highest BCUT2D eigenvalue weighted by Gasteiger charge is 2.50. The molecule has 1 N–H and O–H groups in total. The van der Waals surface area contributed by atoms with Crippen LogP contribution >= 0.6 is 0 Å². The van der Waals surface area contributed by atoms with Gasteiger partial charge in [0.1, 0.15) is 24.5 Å². The standard InChI is InChI=1S/C33H48FN5O4/c1-32(2)23-43-31(42)39(32)22-33(25-6-4-3-5-7-25)12-14-38(15-13-33)30(41)27(20-24-8-10-26(34)11-9-24)35-29(40)28-21-36-16-18-37(28)19-17-36/h8-11,25,27-28H,3-7,12-23H2,1-2H3,(H,35,40)/t27-,28?/m1/s1. The normalized spacial score (nSPS) is 29.3. The van der Waals surface area contributed by atoms with Crippen LogP contribution in [-0.4, -0.2) is 114 Å². The van der Waals surface area contributed by atoms with Gasteiger partial charge in [-0.3, -0.25) is 24.3 Å². The zero-order valence-electron chi connectivity index (χ0n) is 25.9. The van der Waals surface area contributed by atoms with Crippen LogP contribution in [0.15, 0.2) is 24.3 Å². The molecule has 0 radical (unpaired) electrons. The summed E-state index contributed by atoms with van der Waals surface area (Å²) in [6.07, 6.45) is 7.75. The molecule has 0 spiro atoms. The van der Waals surface area contributed by atoms with Gasteiger partial charge in [0, 0.05) is 58.8 Å². The van der Waals surface area contributed by atoms with Gasteiger partial charge >= 0.3 is 6.09 Å². The lowest BCUT2D eigenvalue weighted by molar-refractivity contribution is -0.142. The first-order chi connectivity index (χ1) is 20.6. The molecule has 1 aliphatic carbocycles. The van der Waals surface area contributed by atoms with Crippen LogP contribution < -0.4 is 5.32 Å². The van der Waals surface area contributed by atoms with Gasteiger partial charge in [0.2, 0.25) is 11.8 Å². The van der Waals surface area contributed by atoms with Gasteiger partial charge in [0.15, 0.2) is 0 Å². The van der Waals surface area contributed by atoms with Crippen LogP contribution in [0.3, 0.4) is 0 Å². The number of amides is 3. The van der Waals surface area contributed by atoms with Gasteiger partial charge in [-0.05, 0) is 68.6 Å². The molecule has 1 unspecified atom stereocenters. The van der Waals surface area contributed by atoms with Gasteiger partial charge in [-0.15, -0.1) is 0 Å². The maximum atomic E-state index is 14.2. The van der Waals surface area contributed by atoms with Gasteiger partial charge in [-0.1, -0.05) is 31.4 Å². The number of piperazine rings is 3. The van der Waals surface area contributed by atoms with Crippen LogP contribution in [0.1, 0.15) is 64.4 Å². The van der Waals surface area contributed by atoms with E-state index in [1.807, 2.05) is 9.80 Å². The van der Waals surface area contributed by atoms with Gasteiger partial charge in [0.05, 0.1) is 5.54 Å². The maximum absolute atomic E-state index is 14.2. The summed E-state index contributed by atoms with van der Waals surface area (Å²) < 4.78 is 19.1. The molecule has 5 heterocycles. The molecule has 7 rings (SSSR count). The summed E-state index contributed by atoms with van der Waals surface area (Å²) in [5, 5.41) is 3.13. The number of hydrogen-bond acceptors (Lipinski definition) is 6. The van der Waals surface area contributed by atoms with Crippen LogP contribution in [0.25, 0.3) is 0 Å². The summed E-state index contributed by atoms with van der Waals surface area (Å²) in [5.74, 6) is 0.0133. The fourth-order valence-electron chi connectivity index (χ4n) is 8.23. The lowest BCUT2D eigenvalue weighted by Gasteiger charge is -2.51. The van der Waals surface area contributed by atoms with Gasteiger partial charge < -0.3 is 15.0 Å². The number of benzene rings is 1. The van der Waals surface area contributed by atoms with Gasteiger partial charge in [0.25, 0.3) is 0 Å². The minimum atomic E-state index is -0.718. The number of rotatable bonds is 8. The summed E-state index contributed by atoms with van der Waals surface area (Å²) >= 11 is 0. The number of halogens is 1. The smallest absolute Gasteiger partial charge is 0.410 e. The number of carbonyl (C=O) groups excluding carboxylic acids is 3. The average Bonchev–Trinajstić information content (AvgIpc) is 3.29. The lowest BCUT2D eigenvalue weighted by Crippen LogP contribution is -2.66. The SMILES string of the molecule is CC1(C)COC(=O)N1CC1(C2CCCCC2)CCN(C(=O)[C@@H](Cc2ccc(F)cc2)NC(=O)C2CN3CCN2CC3)CC1. The summed E-state index contributed by atoms with van der Waals surface area (Å²) in [6, 6.07) is 5.23. The van der Waals surface area contributed by atoms with Crippen molar-refractivity contribution in [3.8, 4) is 0 Å². The molecule has 10 heteroatoms. The van der Waals surface area contributed by atoms with Crippen molar-refractivity contribution < 1.29 is 23.5 Å². The molecule has 3 amide bonds. The van der Waals surface area contributed by atoms with Crippen LogP contribution in [0, 0.1) is 17.2 Å².